The molecular formula is C21H19ClFN5O. The van der Waals surface area contributed by atoms with Crippen molar-refractivity contribution in [1.29, 1.82) is 0 Å². The molecule has 6 nitrogen and oxygen atoms in total. The normalized spacial score (nSPS) is 15.8. The van der Waals surface area contributed by atoms with Gasteiger partial charge in [-0.05, 0) is 24.3 Å². The number of ether oxygens (including phenoxy) is 1. The molecule has 0 saturated heterocycles. The van der Waals surface area contributed by atoms with E-state index in [1.54, 1.807) is 13.2 Å². The third kappa shape index (κ3) is 3.41. The molecular weight excluding hydrogens is 393 g/mol. The summed E-state index contributed by atoms with van der Waals surface area (Å²) < 4.78 is 20.6. The highest BCUT2D eigenvalue weighted by molar-refractivity contribution is 6.33. The van der Waals surface area contributed by atoms with E-state index in [-0.39, 0.29) is 0 Å². The van der Waals surface area contributed by atoms with E-state index < -0.39 is 5.95 Å². The Bertz CT molecular complexity index is 1130. The molecule has 0 bridgehead atoms. The number of halogens is 2. The number of rotatable bonds is 4. The summed E-state index contributed by atoms with van der Waals surface area (Å²) in [6.07, 6.45) is 2.59. The summed E-state index contributed by atoms with van der Waals surface area (Å²) in [6.45, 7) is 3.14. The Kier molecular flexibility index (Phi) is 4.56. The summed E-state index contributed by atoms with van der Waals surface area (Å²) in [6, 6.07) is 8.85. The van der Waals surface area contributed by atoms with Crippen molar-refractivity contribution in [3.05, 3.63) is 58.8 Å². The zero-order valence-corrected chi connectivity index (χ0v) is 16.7. The average Bonchev–Trinajstić information content (AvgIpc) is 3.30. The molecule has 2 aromatic heterocycles. The van der Waals surface area contributed by atoms with Crippen molar-refractivity contribution in [3.63, 3.8) is 0 Å². The Morgan fingerprint density at radius 2 is 2.07 bits per heavy atom. The largest absolute Gasteiger partial charge is 0.497 e. The van der Waals surface area contributed by atoms with Gasteiger partial charge in [-0.3, -0.25) is 9.58 Å². The first-order valence-corrected chi connectivity index (χ1v) is 9.81. The first-order chi connectivity index (χ1) is 14.1. The zero-order chi connectivity index (χ0) is 20.0. The van der Waals surface area contributed by atoms with Crippen LogP contribution in [0, 0.1) is 5.95 Å². The Balaban J connectivity index is 1.37. The van der Waals surface area contributed by atoms with Gasteiger partial charge in [0.05, 0.1) is 30.6 Å². The number of hydrogen-bond donors (Lipinski definition) is 0. The lowest BCUT2D eigenvalue weighted by molar-refractivity contribution is 0.241. The van der Waals surface area contributed by atoms with Crippen LogP contribution >= 0.6 is 11.6 Å². The maximum Gasteiger partial charge on any atom is 0.214 e. The molecule has 0 atom stereocenters. The number of nitrogens with zero attached hydrogens (tertiary/aromatic N) is 5. The molecule has 3 aromatic rings. The van der Waals surface area contributed by atoms with Gasteiger partial charge in [0.2, 0.25) is 5.95 Å². The Hall–Kier alpha value is -2.77. The maximum absolute atomic E-state index is 13.3. The fraction of sp³-hybridized carbons (Fsp3) is 0.286. The van der Waals surface area contributed by atoms with Crippen LogP contribution in [-0.2, 0) is 19.5 Å². The van der Waals surface area contributed by atoms with Crippen LogP contribution in [0.5, 0.6) is 5.75 Å². The summed E-state index contributed by atoms with van der Waals surface area (Å²) in [5.41, 5.74) is 5.09. The minimum atomic E-state index is -0.489. The second kappa shape index (κ2) is 7.24. The summed E-state index contributed by atoms with van der Waals surface area (Å²) in [4.78, 5) is 10.8. The van der Waals surface area contributed by atoms with Gasteiger partial charge in [0.15, 0.2) is 5.82 Å². The standard InChI is InChI=1S/C21H19ClFN5O/c1-29-15-3-4-16(18(22)9-15)17-10-24-28-7-6-27(12-19(17)28)11-14-8-13-2-5-20(23)26-21(13)25-14/h2-5,9-10H,6-8,11-12H2,1H3. The van der Waals surface area contributed by atoms with Crippen molar-refractivity contribution in [1.82, 2.24) is 19.7 Å². The number of methoxy groups -OCH3 is 1. The zero-order valence-electron chi connectivity index (χ0n) is 15.9. The number of aliphatic imine (C=N–C) groups is 1. The van der Waals surface area contributed by atoms with Crippen LogP contribution in [0.4, 0.5) is 10.2 Å². The molecule has 8 heteroatoms. The second-order valence-electron chi connectivity index (χ2n) is 7.26. The van der Waals surface area contributed by atoms with Gasteiger partial charge in [-0.15, -0.1) is 0 Å². The van der Waals surface area contributed by atoms with Crippen LogP contribution in [-0.4, -0.2) is 45.6 Å². The van der Waals surface area contributed by atoms with Crippen LogP contribution in [0.15, 0.2) is 41.5 Å². The fourth-order valence-electron chi connectivity index (χ4n) is 3.95. The monoisotopic (exact) mass is 411 g/mol. The highest BCUT2D eigenvalue weighted by atomic mass is 35.5. The molecule has 0 radical (unpaired) electrons. The molecule has 0 aliphatic carbocycles. The SMILES string of the molecule is COc1ccc(-c2cnn3c2CN(CC2=Nc4nc(F)ccc4C2)CC3)c(Cl)c1. The minimum absolute atomic E-state index is 0.489. The molecule has 0 spiro atoms. The average molecular weight is 412 g/mol. The summed E-state index contributed by atoms with van der Waals surface area (Å²) in [5.74, 6) is 0.745. The van der Waals surface area contributed by atoms with E-state index in [1.165, 1.54) is 6.07 Å². The van der Waals surface area contributed by atoms with Crippen molar-refractivity contribution in [2.75, 3.05) is 20.2 Å². The number of pyridine rings is 1. The number of fused-ring (bicyclic) bond motifs is 2. The van der Waals surface area contributed by atoms with E-state index in [1.807, 2.05) is 29.1 Å². The van der Waals surface area contributed by atoms with Crippen molar-refractivity contribution < 1.29 is 9.13 Å². The highest BCUT2D eigenvalue weighted by Crippen LogP contribution is 2.34. The number of benzene rings is 1. The van der Waals surface area contributed by atoms with E-state index in [0.29, 0.717) is 10.8 Å². The molecule has 0 fully saturated rings. The number of aromatic nitrogens is 3. The highest BCUT2D eigenvalue weighted by Gasteiger charge is 2.25. The lowest BCUT2D eigenvalue weighted by Crippen LogP contribution is -2.37. The van der Waals surface area contributed by atoms with E-state index in [4.69, 9.17) is 16.3 Å². The van der Waals surface area contributed by atoms with Gasteiger partial charge in [-0.1, -0.05) is 17.7 Å². The predicted octanol–water partition coefficient (Wildman–Crippen LogP) is 3.89. The fourth-order valence-corrected chi connectivity index (χ4v) is 4.22. The quantitative estimate of drug-likeness (QED) is 0.611. The molecule has 0 unspecified atom stereocenters. The van der Waals surface area contributed by atoms with E-state index in [2.05, 4.69) is 20.0 Å². The molecule has 2 aliphatic rings. The summed E-state index contributed by atoms with van der Waals surface area (Å²) in [7, 11) is 1.62. The van der Waals surface area contributed by atoms with Gasteiger partial charge < -0.3 is 4.74 Å². The second-order valence-corrected chi connectivity index (χ2v) is 7.66. The van der Waals surface area contributed by atoms with Crippen LogP contribution in [0.3, 0.4) is 0 Å². The van der Waals surface area contributed by atoms with Crippen molar-refractivity contribution in [3.8, 4) is 16.9 Å². The van der Waals surface area contributed by atoms with Gasteiger partial charge in [0.25, 0.3) is 0 Å². The van der Waals surface area contributed by atoms with Gasteiger partial charge >= 0.3 is 0 Å². The van der Waals surface area contributed by atoms with Crippen LogP contribution in [0.25, 0.3) is 11.1 Å². The lowest BCUT2D eigenvalue weighted by Gasteiger charge is -2.28. The molecule has 0 amide bonds. The molecule has 4 heterocycles. The topological polar surface area (TPSA) is 55.5 Å². The van der Waals surface area contributed by atoms with Crippen LogP contribution < -0.4 is 4.74 Å². The van der Waals surface area contributed by atoms with Crippen molar-refractivity contribution in [2.45, 2.75) is 19.5 Å². The van der Waals surface area contributed by atoms with Crippen LogP contribution in [0.2, 0.25) is 5.02 Å². The van der Waals surface area contributed by atoms with Gasteiger partial charge in [-0.2, -0.15) is 14.5 Å². The molecule has 29 heavy (non-hydrogen) atoms. The molecule has 5 rings (SSSR count). The molecule has 2 aliphatic heterocycles. The minimum Gasteiger partial charge on any atom is -0.497 e. The number of hydrogen-bond acceptors (Lipinski definition) is 5. The van der Waals surface area contributed by atoms with Crippen LogP contribution in [0.1, 0.15) is 11.3 Å². The first kappa shape index (κ1) is 18.3. The predicted molar refractivity (Wildman–Crippen MR) is 109 cm³/mol. The molecule has 1 aromatic carbocycles. The third-order valence-corrected chi connectivity index (χ3v) is 5.72. The first-order valence-electron chi connectivity index (χ1n) is 9.43. The lowest BCUT2D eigenvalue weighted by atomic mass is 10.0. The Morgan fingerprint density at radius 3 is 2.90 bits per heavy atom. The van der Waals surface area contributed by atoms with Gasteiger partial charge in [0, 0.05) is 48.5 Å². The molecule has 148 valence electrons. The van der Waals surface area contributed by atoms with E-state index >= 15 is 0 Å². The van der Waals surface area contributed by atoms with E-state index in [0.717, 1.165) is 66.4 Å². The van der Waals surface area contributed by atoms with E-state index in [9.17, 15) is 4.39 Å². The molecule has 0 saturated carbocycles. The Morgan fingerprint density at radius 1 is 1.17 bits per heavy atom. The maximum atomic E-state index is 13.3. The third-order valence-electron chi connectivity index (χ3n) is 5.40. The Labute approximate surface area is 172 Å². The van der Waals surface area contributed by atoms with Crippen molar-refractivity contribution in [2.24, 2.45) is 4.99 Å². The smallest absolute Gasteiger partial charge is 0.214 e. The van der Waals surface area contributed by atoms with Crippen molar-refractivity contribution >= 4 is 23.1 Å². The summed E-state index contributed by atoms with van der Waals surface area (Å²) in [5, 5.41) is 5.18. The molecule has 0 N–H and O–H groups in total. The van der Waals surface area contributed by atoms with Gasteiger partial charge in [-0.25, -0.2) is 4.99 Å². The van der Waals surface area contributed by atoms with Gasteiger partial charge in [0.1, 0.15) is 5.75 Å². The summed E-state index contributed by atoms with van der Waals surface area (Å²) >= 11 is 6.49.